The van der Waals surface area contributed by atoms with Gasteiger partial charge in [0.2, 0.25) is 5.91 Å². The number of thiophene rings is 2. The van der Waals surface area contributed by atoms with Crippen LogP contribution in [-0.4, -0.2) is 23.8 Å². The lowest BCUT2D eigenvalue weighted by atomic mass is 9.96. The fraction of sp³-hybridized carbons (Fsp3) is 0.353. The molecule has 5 nitrogen and oxygen atoms in total. The summed E-state index contributed by atoms with van der Waals surface area (Å²) in [6.45, 7) is 1.39. The van der Waals surface area contributed by atoms with Crippen LogP contribution in [0.3, 0.4) is 0 Å². The Kier molecular flexibility index (Phi) is 5.11. The summed E-state index contributed by atoms with van der Waals surface area (Å²) < 4.78 is 5.48. The van der Waals surface area contributed by atoms with Gasteiger partial charge in [-0.05, 0) is 30.7 Å². The zero-order valence-electron chi connectivity index (χ0n) is 13.2. The molecule has 0 bridgehead atoms. The zero-order chi connectivity index (χ0) is 17.1. The lowest BCUT2D eigenvalue weighted by Gasteiger charge is -2.21. The van der Waals surface area contributed by atoms with E-state index in [-0.39, 0.29) is 11.7 Å². The molecule has 0 aromatic carbocycles. The number of anilines is 1. The van der Waals surface area contributed by atoms with Gasteiger partial charge in [-0.15, -0.1) is 22.7 Å². The predicted octanol–water partition coefficient (Wildman–Crippen LogP) is 4.10. The number of Topliss-reactive ketones (excluding diaryl/α,β-unsaturated/α-hetero) is 1. The van der Waals surface area contributed by atoms with Crippen LogP contribution in [-0.2, 0) is 14.3 Å². The third-order valence-corrected chi connectivity index (χ3v) is 5.62. The first-order chi connectivity index (χ1) is 11.6. The molecule has 0 spiro atoms. The van der Waals surface area contributed by atoms with Gasteiger partial charge in [0.25, 0.3) is 0 Å². The lowest BCUT2D eigenvalue weighted by molar-refractivity contribution is -0.129. The largest absolute Gasteiger partial charge is 0.451 e. The molecule has 1 amide bonds. The molecule has 1 fully saturated rings. The van der Waals surface area contributed by atoms with E-state index in [0.717, 1.165) is 23.3 Å². The van der Waals surface area contributed by atoms with Crippen molar-refractivity contribution in [2.75, 3.05) is 5.32 Å². The Balaban J connectivity index is 1.91. The van der Waals surface area contributed by atoms with Crippen LogP contribution in [0.4, 0.5) is 5.00 Å². The van der Waals surface area contributed by atoms with Crippen LogP contribution in [0.25, 0.3) is 10.4 Å². The van der Waals surface area contributed by atoms with Crippen LogP contribution < -0.4 is 5.32 Å². The third kappa shape index (κ3) is 3.57. The molecule has 1 aliphatic rings. The molecule has 1 atom stereocenters. The van der Waals surface area contributed by atoms with E-state index in [0.29, 0.717) is 23.4 Å². The van der Waals surface area contributed by atoms with Gasteiger partial charge in [-0.3, -0.25) is 9.59 Å². The molecule has 7 heteroatoms. The van der Waals surface area contributed by atoms with Crippen molar-refractivity contribution in [3.8, 4) is 10.4 Å². The van der Waals surface area contributed by atoms with Crippen molar-refractivity contribution in [2.24, 2.45) is 0 Å². The first kappa shape index (κ1) is 16.9. The minimum Gasteiger partial charge on any atom is -0.451 e. The molecule has 0 unspecified atom stereocenters. The number of ether oxygens (including phenoxy) is 1. The van der Waals surface area contributed by atoms with Crippen LogP contribution in [0, 0.1) is 0 Å². The number of hydrogen-bond acceptors (Lipinski definition) is 6. The number of hydrogen-bond donors (Lipinski definition) is 1. The van der Waals surface area contributed by atoms with Crippen molar-refractivity contribution in [1.82, 2.24) is 0 Å². The summed E-state index contributed by atoms with van der Waals surface area (Å²) >= 11 is 2.79. The van der Waals surface area contributed by atoms with Crippen molar-refractivity contribution in [1.29, 1.82) is 0 Å². The van der Waals surface area contributed by atoms with Crippen LogP contribution in [0.1, 0.15) is 43.0 Å². The molecule has 24 heavy (non-hydrogen) atoms. The average Bonchev–Trinajstić information content (AvgIpc) is 3.18. The van der Waals surface area contributed by atoms with E-state index >= 15 is 0 Å². The van der Waals surface area contributed by atoms with Gasteiger partial charge >= 0.3 is 5.97 Å². The zero-order valence-corrected chi connectivity index (χ0v) is 14.8. The molecular formula is C17H17NO4S2. The maximum Gasteiger partial charge on any atom is 0.342 e. The van der Waals surface area contributed by atoms with Crippen LogP contribution in [0.5, 0.6) is 0 Å². The van der Waals surface area contributed by atoms with E-state index in [1.54, 1.807) is 0 Å². The standard InChI is InChI=1S/C17H17NO4S2/c1-10(19)18-16-15(11(9-24-16)14-7-4-8-23-14)17(21)22-13-6-3-2-5-12(13)20/h4,7-9,13H,2-3,5-6H2,1H3,(H,18,19)/t13-/m0/s1. The molecule has 1 saturated carbocycles. The van der Waals surface area contributed by atoms with Crippen molar-refractivity contribution < 1.29 is 19.1 Å². The average molecular weight is 363 g/mol. The smallest absolute Gasteiger partial charge is 0.342 e. The topological polar surface area (TPSA) is 72.5 Å². The van der Waals surface area contributed by atoms with E-state index in [9.17, 15) is 14.4 Å². The minimum absolute atomic E-state index is 0.0245. The second-order valence-corrected chi connectivity index (χ2v) is 7.45. The fourth-order valence-electron chi connectivity index (χ4n) is 2.69. The van der Waals surface area contributed by atoms with Crippen molar-refractivity contribution in [3.63, 3.8) is 0 Å². The Labute approximate surface area is 147 Å². The van der Waals surface area contributed by atoms with E-state index in [1.807, 2.05) is 22.9 Å². The Morgan fingerprint density at radius 2 is 2.12 bits per heavy atom. The first-order valence-electron chi connectivity index (χ1n) is 7.73. The summed E-state index contributed by atoms with van der Waals surface area (Å²) in [4.78, 5) is 37.0. The molecule has 2 aromatic heterocycles. The predicted molar refractivity (Wildman–Crippen MR) is 94.6 cm³/mol. The Morgan fingerprint density at radius 3 is 2.79 bits per heavy atom. The third-order valence-electron chi connectivity index (χ3n) is 3.82. The summed E-state index contributed by atoms with van der Waals surface area (Å²) in [5, 5.41) is 6.89. The minimum atomic E-state index is -0.674. The van der Waals surface area contributed by atoms with Crippen molar-refractivity contribution in [2.45, 2.75) is 38.7 Å². The molecule has 0 radical (unpaired) electrons. The number of ketones is 1. The lowest BCUT2D eigenvalue weighted by Crippen LogP contribution is -2.30. The van der Waals surface area contributed by atoms with E-state index in [1.165, 1.54) is 29.6 Å². The number of amides is 1. The van der Waals surface area contributed by atoms with Gasteiger partial charge in [-0.2, -0.15) is 0 Å². The van der Waals surface area contributed by atoms with Gasteiger partial charge < -0.3 is 10.1 Å². The molecule has 0 saturated heterocycles. The number of esters is 1. The van der Waals surface area contributed by atoms with Gasteiger partial charge in [-0.1, -0.05) is 6.07 Å². The summed E-state index contributed by atoms with van der Waals surface area (Å²) in [5.74, 6) is -0.829. The maximum atomic E-state index is 12.7. The molecule has 1 aliphatic carbocycles. The van der Waals surface area contributed by atoms with E-state index in [2.05, 4.69) is 5.32 Å². The first-order valence-corrected chi connectivity index (χ1v) is 9.49. The van der Waals surface area contributed by atoms with Crippen LogP contribution in [0.15, 0.2) is 22.9 Å². The quantitative estimate of drug-likeness (QED) is 0.830. The number of carbonyl (C=O) groups is 3. The summed E-state index contributed by atoms with van der Waals surface area (Å²) in [6, 6.07) is 3.81. The number of nitrogens with one attached hydrogen (secondary N) is 1. The highest BCUT2D eigenvalue weighted by atomic mass is 32.1. The Hall–Kier alpha value is -1.99. The fourth-order valence-corrected chi connectivity index (χ4v) is 4.51. The molecule has 3 rings (SSSR count). The van der Waals surface area contributed by atoms with Gasteiger partial charge in [0.15, 0.2) is 11.9 Å². The highest BCUT2D eigenvalue weighted by molar-refractivity contribution is 7.17. The Bertz CT molecular complexity index is 764. The van der Waals surface area contributed by atoms with Gasteiger partial charge in [-0.25, -0.2) is 4.79 Å². The van der Waals surface area contributed by atoms with Gasteiger partial charge in [0, 0.05) is 29.2 Å². The molecule has 1 N–H and O–H groups in total. The van der Waals surface area contributed by atoms with Crippen LogP contribution >= 0.6 is 22.7 Å². The number of carbonyl (C=O) groups excluding carboxylic acids is 3. The summed E-state index contributed by atoms with van der Waals surface area (Å²) in [6.07, 6.45) is 2.08. The van der Waals surface area contributed by atoms with Crippen molar-refractivity contribution in [3.05, 3.63) is 28.5 Å². The molecule has 2 aromatic rings. The molecule has 0 aliphatic heterocycles. The second-order valence-electron chi connectivity index (χ2n) is 5.62. The molecular weight excluding hydrogens is 346 g/mol. The highest BCUT2D eigenvalue weighted by Crippen LogP contribution is 2.38. The molecule has 2 heterocycles. The summed E-state index contributed by atoms with van der Waals surface area (Å²) in [7, 11) is 0. The van der Waals surface area contributed by atoms with Crippen LogP contribution in [0.2, 0.25) is 0 Å². The molecule has 126 valence electrons. The highest BCUT2D eigenvalue weighted by Gasteiger charge is 2.29. The second kappa shape index (κ2) is 7.27. The monoisotopic (exact) mass is 363 g/mol. The summed E-state index contributed by atoms with van der Waals surface area (Å²) in [5.41, 5.74) is 1.06. The number of rotatable bonds is 4. The Morgan fingerprint density at radius 1 is 1.29 bits per heavy atom. The maximum absolute atomic E-state index is 12.7. The SMILES string of the molecule is CC(=O)Nc1scc(-c2cccs2)c1C(=O)O[C@H]1CCCCC1=O. The van der Waals surface area contributed by atoms with E-state index < -0.39 is 12.1 Å². The van der Waals surface area contributed by atoms with Crippen molar-refractivity contribution >= 4 is 45.3 Å². The van der Waals surface area contributed by atoms with Gasteiger partial charge in [0.05, 0.1) is 0 Å². The normalized spacial score (nSPS) is 17.5. The van der Waals surface area contributed by atoms with Gasteiger partial charge in [0.1, 0.15) is 10.6 Å². The van der Waals surface area contributed by atoms with E-state index in [4.69, 9.17) is 4.74 Å².